The van der Waals surface area contributed by atoms with Crippen molar-refractivity contribution in [3.05, 3.63) is 68.4 Å². The van der Waals surface area contributed by atoms with Gasteiger partial charge in [-0.1, -0.05) is 0 Å². The number of ketones is 1. The van der Waals surface area contributed by atoms with Gasteiger partial charge in [-0.05, 0) is 34.1 Å². The molecule has 2 rings (SSSR count). The van der Waals surface area contributed by atoms with Gasteiger partial charge in [0.15, 0.2) is 12.4 Å². The molecule has 0 saturated heterocycles. The average molecular weight is 446 g/mol. The summed E-state index contributed by atoms with van der Waals surface area (Å²) in [6.07, 6.45) is 2.92. The van der Waals surface area contributed by atoms with Crippen LogP contribution >= 0.6 is 15.9 Å². The summed E-state index contributed by atoms with van der Waals surface area (Å²) < 4.78 is 1.97. The van der Waals surface area contributed by atoms with E-state index in [1.165, 1.54) is 41.1 Å². The van der Waals surface area contributed by atoms with E-state index in [4.69, 9.17) is 5.11 Å². The molecule has 9 heteroatoms. The Kier molecular flexibility index (Phi) is 6.52. The summed E-state index contributed by atoms with van der Waals surface area (Å²) in [4.78, 5) is 33.1. The minimum absolute atomic E-state index is 0. The van der Waals surface area contributed by atoms with Gasteiger partial charge in [-0.25, -0.2) is 4.79 Å². The largest absolute Gasteiger partial charge is 1.00 e. The number of carboxylic acid groups (broad SMARTS) is 1. The maximum Gasteiger partial charge on any atom is 0.341 e. The minimum atomic E-state index is -1.10. The van der Waals surface area contributed by atoms with Crippen LogP contribution in [0.15, 0.2) is 47.2 Å². The van der Waals surface area contributed by atoms with Gasteiger partial charge in [-0.3, -0.25) is 14.9 Å². The van der Waals surface area contributed by atoms with E-state index in [-0.39, 0.29) is 40.6 Å². The lowest BCUT2D eigenvalue weighted by Gasteiger charge is -2.00. The number of pyridine rings is 1. The molecule has 0 amide bonds. The number of hydrogen-bond donors (Lipinski definition) is 1. The van der Waals surface area contributed by atoms with Gasteiger partial charge in [0.25, 0.3) is 5.69 Å². The third-order valence-corrected chi connectivity index (χ3v) is 3.29. The van der Waals surface area contributed by atoms with Crippen molar-refractivity contribution in [2.24, 2.45) is 0 Å². The van der Waals surface area contributed by atoms with E-state index in [1.807, 2.05) is 0 Å². The summed E-state index contributed by atoms with van der Waals surface area (Å²) in [7, 11) is 0. The molecule has 1 heterocycles. The Morgan fingerprint density at radius 2 is 1.78 bits per heavy atom. The highest BCUT2D eigenvalue weighted by molar-refractivity contribution is 9.10. The monoisotopic (exact) mass is 444 g/mol. The summed E-state index contributed by atoms with van der Waals surface area (Å²) in [5, 5.41) is 19.6. The number of aromatic nitrogens is 1. The van der Waals surface area contributed by atoms with Crippen LogP contribution in [0.4, 0.5) is 5.69 Å². The van der Waals surface area contributed by atoms with E-state index in [0.29, 0.717) is 10.0 Å². The Bertz CT molecular complexity index is 762. The van der Waals surface area contributed by atoms with Crippen molar-refractivity contribution in [1.82, 2.24) is 0 Å². The first kappa shape index (κ1) is 18.9. The highest BCUT2D eigenvalue weighted by atomic mass is 79.9. The van der Waals surface area contributed by atoms with Crippen molar-refractivity contribution in [2.75, 3.05) is 0 Å². The smallest absolute Gasteiger partial charge is 0.341 e. The molecule has 23 heavy (non-hydrogen) atoms. The summed E-state index contributed by atoms with van der Waals surface area (Å²) in [5.74, 6) is -1.38. The van der Waals surface area contributed by atoms with Crippen molar-refractivity contribution >= 4 is 33.4 Å². The summed E-state index contributed by atoms with van der Waals surface area (Å²) in [5.41, 5.74) is 0.264. The number of carboxylic acids is 1. The van der Waals surface area contributed by atoms with E-state index in [9.17, 15) is 19.7 Å². The van der Waals surface area contributed by atoms with Crippen LogP contribution in [0.25, 0.3) is 0 Å². The molecule has 0 aliphatic heterocycles. The normalized spacial score (nSPS) is 9.78. The molecule has 7 nitrogen and oxygen atoms in total. The van der Waals surface area contributed by atoms with E-state index >= 15 is 0 Å². The van der Waals surface area contributed by atoms with E-state index in [2.05, 4.69) is 15.9 Å². The molecule has 1 aromatic heterocycles. The number of carbonyl (C=O) groups excluding carboxylic acids is 1. The van der Waals surface area contributed by atoms with Gasteiger partial charge in [0.05, 0.1) is 9.40 Å². The van der Waals surface area contributed by atoms with Gasteiger partial charge in [-0.2, -0.15) is 4.57 Å². The molecule has 0 unspecified atom stereocenters. The molecular weight excluding hydrogens is 436 g/mol. The Hall–Kier alpha value is -2.13. The van der Waals surface area contributed by atoms with Crippen LogP contribution in [0.3, 0.4) is 0 Å². The molecule has 0 radical (unpaired) electrons. The molecule has 0 saturated carbocycles. The highest BCUT2D eigenvalue weighted by Crippen LogP contribution is 2.13. The molecule has 120 valence electrons. The number of halogens is 2. The number of hydrogen-bond acceptors (Lipinski definition) is 4. The topological polar surface area (TPSA) is 101 Å². The zero-order chi connectivity index (χ0) is 16.3. The van der Waals surface area contributed by atoms with Crippen molar-refractivity contribution < 1.29 is 41.2 Å². The molecule has 0 bridgehead atoms. The highest BCUT2D eigenvalue weighted by Gasteiger charge is 2.17. The molecule has 2 aromatic rings. The molecule has 0 atom stereocenters. The molecule has 0 fully saturated rings. The number of aromatic carboxylic acids is 1. The van der Waals surface area contributed by atoms with Gasteiger partial charge < -0.3 is 22.1 Å². The predicted octanol–water partition coefficient (Wildman–Crippen LogP) is -0.770. The number of nitro groups is 1. The predicted molar refractivity (Wildman–Crippen MR) is 78.7 cm³/mol. The lowest BCUT2D eigenvalue weighted by molar-refractivity contribution is -0.683. The van der Waals surface area contributed by atoms with Crippen LogP contribution < -0.4 is 21.5 Å². The Morgan fingerprint density at radius 3 is 2.30 bits per heavy atom. The second kappa shape index (κ2) is 7.93. The molecule has 0 aliphatic rings. The number of Topliss-reactive ketones (excluding diaryl/α,β-unsaturated/α-hetero) is 1. The molecule has 1 aromatic carbocycles. The average Bonchev–Trinajstić information content (AvgIpc) is 2.46. The maximum atomic E-state index is 12.1. The molecular formula is C14H10Br2N2O5. The number of rotatable bonds is 5. The Labute approximate surface area is 149 Å². The molecule has 1 N–H and O–H groups in total. The fraction of sp³-hybridized carbons (Fsp3) is 0.0714. The number of carbonyl (C=O) groups is 2. The first-order valence-corrected chi connectivity index (χ1v) is 6.86. The van der Waals surface area contributed by atoms with Crippen LogP contribution in [-0.2, 0) is 6.54 Å². The Balaban J connectivity index is 0.00000264. The van der Waals surface area contributed by atoms with Crippen LogP contribution in [0.2, 0.25) is 0 Å². The van der Waals surface area contributed by atoms with Gasteiger partial charge in [0.1, 0.15) is 5.56 Å². The third-order valence-electron chi connectivity index (χ3n) is 2.86. The fourth-order valence-corrected chi connectivity index (χ4v) is 2.34. The van der Waals surface area contributed by atoms with Crippen molar-refractivity contribution in [1.29, 1.82) is 0 Å². The zero-order valence-electron chi connectivity index (χ0n) is 11.5. The summed E-state index contributed by atoms with van der Waals surface area (Å²) in [6.45, 7) is -0.0719. The second-order valence-electron chi connectivity index (χ2n) is 4.45. The van der Waals surface area contributed by atoms with Crippen LogP contribution in [0, 0.1) is 10.1 Å². The summed E-state index contributed by atoms with van der Waals surface area (Å²) >= 11 is 3.18. The van der Waals surface area contributed by atoms with Crippen molar-refractivity contribution in [3.8, 4) is 0 Å². The molecule has 0 aliphatic carbocycles. The fourth-order valence-electron chi connectivity index (χ4n) is 1.83. The van der Waals surface area contributed by atoms with E-state index in [0.717, 1.165) is 0 Å². The van der Waals surface area contributed by atoms with Crippen LogP contribution in [0.1, 0.15) is 20.7 Å². The zero-order valence-corrected chi connectivity index (χ0v) is 14.7. The number of nitro benzene ring substituents is 1. The van der Waals surface area contributed by atoms with Crippen molar-refractivity contribution in [2.45, 2.75) is 6.54 Å². The second-order valence-corrected chi connectivity index (χ2v) is 5.36. The standard InChI is InChI=1S/C14H9BrN2O5.BrH/c15-11-5-10(14(19)20)6-16(7-11)8-13(18)9-1-3-12(4-2-9)17(21)22;/h1-7H,8H2;1H. The first-order chi connectivity index (χ1) is 10.4. The maximum absolute atomic E-state index is 12.1. The van der Waals surface area contributed by atoms with Crippen molar-refractivity contribution in [3.63, 3.8) is 0 Å². The van der Waals surface area contributed by atoms with E-state index < -0.39 is 10.9 Å². The first-order valence-electron chi connectivity index (χ1n) is 6.07. The lowest BCUT2D eigenvalue weighted by atomic mass is 10.1. The van der Waals surface area contributed by atoms with Gasteiger partial charge in [0.2, 0.25) is 12.3 Å². The number of non-ortho nitro benzene ring substituents is 1. The minimum Gasteiger partial charge on any atom is -1.00 e. The third kappa shape index (κ3) is 4.93. The van der Waals surface area contributed by atoms with Gasteiger partial charge >= 0.3 is 5.97 Å². The summed E-state index contributed by atoms with van der Waals surface area (Å²) in [6, 6.07) is 6.67. The molecule has 0 spiro atoms. The Morgan fingerprint density at radius 1 is 1.17 bits per heavy atom. The lowest BCUT2D eigenvalue weighted by Crippen LogP contribution is -3.00. The quantitative estimate of drug-likeness (QED) is 0.282. The van der Waals surface area contributed by atoms with Gasteiger partial charge in [-0.15, -0.1) is 0 Å². The van der Waals surface area contributed by atoms with Gasteiger partial charge in [0, 0.05) is 17.7 Å². The van der Waals surface area contributed by atoms with Crippen LogP contribution in [0.5, 0.6) is 0 Å². The van der Waals surface area contributed by atoms with E-state index in [1.54, 1.807) is 6.20 Å². The van der Waals surface area contributed by atoms with Crippen LogP contribution in [-0.4, -0.2) is 21.8 Å². The number of nitrogens with zero attached hydrogens (tertiary/aromatic N) is 2. The number of benzene rings is 1. The SMILES string of the molecule is O=C(O)c1cc(Br)c[n+](CC(=O)c2ccc([N+](=O)[O-])cc2)c1.[Br-].